The van der Waals surface area contributed by atoms with Gasteiger partial charge in [-0.2, -0.15) is 4.31 Å². The number of carbonyl (C=O) groups is 2. The minimum absolute atomic E-state index is 0.0812. The molecule has 0 N–H and O–H groups in total. The molecule has 0 atom stereocenters. The summed E-state index contributed by atoms with van der Waals surface area (Å²) < 4.78 is 39.5. The third-order valence-electron chi connectivity index (χ3n) is 4.88. The van der Waals surface area contributed by atoms with Crippen molar-refractivity contribution in [2.45, 2.75) is 18.7 Å². The summed E-state index contributed by atoms with van der Waals surface area (Å²) in [5, 5.41) is 0. The fourth-order valence-electron chi connectivity index (χ4n) is 3.42. The normalized spacial score (nSPS) is 15.6. The van der Waals surface area contributed by atoms with Gasteiger partial charge in [0.1, 0.15) is 27.7 Å². The molecule has 1 aliphatic heterocycles. The van der Waals surface area contributed by atoms with Crippen molar-refractivity contribution in [2.75, 3.05) is 33.3 Å². The van der Waals surface area contributed by atoms with Crippen molar-refractivity contribution < 1.29 is 27.2 Å². The summed E-state index contributed by atoms with van der Waals surface area (Å²) in [6.45, 7) is 3.79. The zero-order valence-corrected chi connectivity index (χ0v) is 17.1. The number of furan rings is 1. The van der Waals surface area contributed by atoms with Gasteiger partial charge in [-0.15, -0.1) is 0 Å². The van der Waals surface area contributed by atoms with Gasteiger partial charge in [0.25, 0.3) is 5.91 Å². The number of hydrogen-bond acceptors (Lipinski definition) is 6. The second kappa shape index (κ2) is 7.44. The Bertz CT molecular complexity index is 1010. The fourth-order valence-corrected chi connectivity index (χ4v) is 5.21. The molecule has 0 spiro atoms. The van der Waals surface area contributed by atoms with Crippen LogP contribution >= 0.6 is 0 Å². The highest BCUT2D eigenvalue weighted by Gasteiger charge is 2.37. The maximum absolute atomic E-state index is 13.2. The Morgan fingerprint density at radius 2 is 1.75 bits per heavy atom. The molecule has 28 heavy (non-hydrogen) atoms. The molecule has 0 bridgehead atoms. The van der Waals surface area contributed by atoms with Gasteiger partial charge in [0.05, 0.1) is 7.11 Å². The van der Waals surface area contributed by atoms with E-state index in [0.29, 0.717) is 5.69 Å². The Hall–Kier alpha value is -2.59. The van der Waals surface area contributed by atoms with Crippen LogP contribution in [0.1, 0.15) is 32.4 Å². The number of ether oxygens (including phenoxy) is 1. The van der Waals surface area contributed by atoms with Gasteiger partial charge in [0, 0.05) is 39.4 Å². The van der Waals surface area contributed by atoms with Gasteiger partial charge in [0.2, 0.25) is 10.0 Å². The average Bonchev–Trinajstić information content (AvgIpc) is 3.23. The lowest BCUT2D eigenvalue weighted by molar-refractivity contribution is 0.0594. The second-order valence-electron chi connectivity index (χ2n) is 6.61. The maximum Gasteiger partial charge on any atom is 0.342 e. The first-order valence-electron chi connectivity index (χ1n) is 8.77. The van der Waals surface area contributed by atoms with Gasteiger partial charge in [0.15, 0.2) is 0 Å². The molecule has 1 aliphatic rings. The monoisotopic (exact) mass is 409 g/mol. The highest BCUT2D eigenvalue weighted by molar-refractivity contribution is 7.89. The van der Waals surface area contributed by atoms with Crippen molar-refractivity contribution in [2.24, 2.45) is 7.05 Å². The molecule has 2 aromatic heterocycles. The number of hydrogen-bond donors (Lipinski definition) is 0. The first kappa shape index (κ1) is 20.2. The van der Waals surface area contributed by atoms with Crippen LogP contribution in [0.25, 0.3) is 0 Å². The molecule has 0 saturated carbocycles. The number of aromatic nitrogens is 1. The van der Waals surface area contributed by atoms with Gasteiger partial charge < -0.3 is 18.6 Å². The fraction of sp³-hybridized carbons (Fsp3) is 0.444. The van der Waals surface area contributed by atoms with Gasteiger partial charge in [-0.3, -0.25) is 4.79 Å². The summed E-state index contributed by atoms with van der Waals surface area (Å²) in [6.07, 6.45) is 1.78. The van der Waals surface area contributed by atoms with Crippen LogP contribution in [-0.4, -0.2) is 67.4 Å². The largest absolute Gasteiger partial charge is 0.465 e. The predicted octanol–water partition coefficient (Wildman–Crippen LogP) is 1.17. The summed E-state index contributed by atoms with van der Waals surface area (Å²) in [5.41, 5.74) is 0.466. The van der Waals surface area contributed by atoms with Crippen LogP contribution < -0.4 is 0 Å². The number of sulfonamides is 1. The minimum Gasteiger partial charge on any atom is -0.465 e. The summed E-state index contributed by atoms with van der Waals surface area (Å²) in [6, 6.07) is 3.51. The quantitative estimate of drug-likeness (QED) is 0.703. The lowest BCUT2D eigenvalue weighted by Gasteiger charge is -2.34. The van der Waals surface area contributed by atoms with Crippen LogP contribution in [0.5, 0.6) is 0 Å². The van der Waals surface area contributed by atoms with Crippen LogP contribution in [0.2, 0.25) is 0 Å². The van der Waals surface area contributed by atoms with Crippen molar-refractivity contribution in [1.82, 2.24) is 13.8 Å². The summed E-state index contributed by atoms with van der Waals surface area (Å²) in [4.78, 5) is 26.1. The van der Waals surface area contributed by atoms with E-state index in [1.807, 2.05) is 0 Å². The van der Waals surface area contributed by atoms with Gasteiger partial charge in [-0.1, -0.05) is 0 Å². The molecular weight excluding hydrogens is 386 g/mol. The van der Waals surface area contributed by atoms with Crippen LogP contribution in [0.4, 0.5) is 0 Å². The number of piperazine rings is 1. The Morgan fingerprint density at radius 3 is 2.29 bits per heavy atom. The number of nitrogens with zero attached hydrogens (tertiary/aromatic N) is 3. The summed E-state index contributed by atoms with van der Waals surface area (Å²) in [5.74, 6) is -0.568. The number of amides is 1. The first-order chi connectivity index (χ1) is 13.2. The number of esters is 1. The van der Waals surface area contributed by atoms with Crippen molar-refractivity contribution in [1.29, 1.82) is 0 Å². The third-order valence-corrected chi connectivity index (χ3v) is 6.93. The molecule has 2 aromatic rings. The molecule has 0 unspecified atom stereocenters. The van der Waals surface area contributed by atoms with Gasteiger partial charge in [-0.05, 0) is 26.0 Å². The Labute approximate surface area is 163 Å². The maximum atomic E-state index is 13.2. The lowest BCUT2D eigenvalue weighted by Crippen LogP contribution is -2.50. The molecule has 9 nitrogen and oxygen atoms in total. The lowest BCUT2D eigenvalue weighted by atomic mass is 10.2. The number of rotatable bonds is 4. The van der Waals surface area contributed by atoms with Crippen LogP contribution in [0, 0.1) is 13.8 Å². The standard InChI is InChI=1S/C18H23N3O6S/c1-12-15(18(23)26-4)16(13(2)27-12)28(24,25)21-10-8-20(9-11-21)17(22)14-6-5-7-19(14)3/h5-7H,8-11H2,1-4H3. The van der Waals surface area contributed by atoms with E-state index in [9.17, 15) is 18.0 Å². The van der Waals surface area contributed by atoms with E-state index in [0.717, 1.165) is 0 Å². The SMILES string of the molecule is COC(=O)c1c(C)oc(C)c1S(=O)(=O)N1CCN(C(=O)c2cccn2C)CC1. The van der Waals surface area contributed by atoms with E-state index in [2.05, 4.69) is 0 Å². The highest BCUT2D eigenvalue weighted by atomic mass is 32.2. The van der Waals surface area contributed by atoms with E-state index in [-0.39, 0.29) is 54.1 Å². The highest BCUT2D eigenvalue weighted by Crippen LogP contribution is 2.30. The second-order valence-corrected chi connectivity index (χ2v) is 8.49. The van der Waals surface area contributed by atoms with E-state index in [1.165, 1.54) is 25.3 Å². The molecule has 3 rings (SSSR count). The molecule has 1 fully saturated rings. The zero-order valence-electron chi connectivity index (χ0n) is 16.3. The summed E-state index contributed by atoms with van der Waals surface area (Å²) in [7, 11) is -1.00. The van der Waals surface area contributed by atoms with Crippen molar-refractivity contribution >= 4 is 21.9 Å². The van der Waals surface area contributed by atoms with Crippen molar-refractivity contribution in [3.63, 3.8) is 0 Å². The molecule has 10 heteroatoms. The van der Waals surface area contributed by atoms with Gasteiger partial charge in [-0.25, -0.2) is 13.2 Å². The van der Waals surface area contributed by atoms with Crippen LogP contribution in [0.3, 0.4) is 0 Å². The summed E-state index contributed by atoms with van der Waals surface area (Å²) >= 11 is 0. The molecule has 1 saturated heterocycles. The average molecular weight is 409 g/mol. The molecule has 152 valence electrons. The number of carbonyl (C=O) groups excluding carboxylic acids is 2. The van der Waals surface area contributed by atoms with Crippen LogP contribution in [-0.2, 0) is 21.8 Å². The van der Waals surface area contributed by atoms with Crippen molar-refractivity contribution in [3.05, 3.63) is 41.1 Å². The topological polar surface area (TPSA) is 102 Å². The Morgan fingerprint density at radius 1 is 1.11 bits per heavy atom. The van der Waals surface area contributed by atoms with E-state index in [1.54, 1.807) is 34.8 Å². The van der Waals surface area contributed by atoms with Crippen molar-refractivity contribution in [3.8, 4) is 0 Å². The van der Waals surface area contributed by atoms with E-state index < -0.39 is 16.0 Å². The van der Waals surface area contributed by atoms with Crippen LogP contribution in [0.15, 0.2) is 27.6 Å². The Balaban J connectivity index is 1.82. The van der Waals surface area contributed by atoms with Gasteiger partial charge >= 0.3 is 5.97 Å². The van der Waals surface area contributed by atoms with E-state index in [4.69, 9.17) is 9.15 Å². The minimum atomic E-state index is -3.97. The molecule has 0 radical (unpaired) electrons. The third kappa shape index (κ3) is 3.33. The number of aryl methyl sites for hydroxylation is 3. The molecule has 3 heterocycles. The Kier molecular flexibility index (Phi) is 5.35. The van der Waals surface area contributed by atoms with E-state index >= 15 is 0 Å². The zero-order chi connectivity index (χ0) is 20.6. The first-order valence-corrected chi connectivity index (χ1v) is 10.2. The molecule has 0 aliphatic carbocycles. The predicted molar refractivity (Wildman–Crippen MR) is 99.6 cm³/mol. The molecule has 0 aromatic carbocycles. The number of methoxy groups -OCH3 is 1. The smallest absolute Gasteiger partial charge is 0.342 e. The molecular formula is C18H23N3O6S. The molecule has 1 amide bonds.